The Labute approximate surface area is 94.8 Å². The molecule has 0 bridgehead atoms. The summed E-state index contributed by atoms with van der Waals surface area (Å²) in [5.74, 6) is -1.42. The van der Waals surface area contributed by atoms with Crippen LogP contribution in [0.1, 0.15) is 17.2 Å². The molecular formula is C10H10F3NO3. The topological polar surface area (TPSA) is 72.5 Å². The number of halogens is 3. The zero-order valence-corrected chi connectivity index (χ0v) is 8.78. The second kappa shape index (κ2) is 4.62. The second-order valence-corrected chi connectivity index (χ2v) is 3.27. The average molecular weight is 249 g/mol. The third-order valence-electron chi connectivity index (χ3n) is 2.16. The highest BCUT2D eigenvalue weighted by atomic mass is 19.4. The normalized spacial score (nSPS) is 13.2. The van der Waals surface area contributed by atoms with Gasteiger partial charge >= 0.3 is 12.1 Å². The minimum atomic E-state index is -4.56. The first kappa shape index (κ1) is 13.3. The predicted molar refractivity (Wildman–Crippen MR) is 52.6 cm³/mol. The lowest BCUT2D eigenvalue weighted by molar-refractivity contribution is -0.140. The van der Waals surface area contributed by atoms with Gasteiger partial charge in [-0.25, -0.2) is 0 Å². The molecule has 94 valence electrons. The standard InChI is InChI=1S/C10H10F3NO3/c1-17-7-3-2-5(10(11,12)13)4-6(7)8(14)9(15)16/h2-4,8H,14H2,1H3,(H,15,16). The van der Waals surface area contributed by atoms with Crippen LogP contribution in [0.5, 0.6) is 5.75 Å². The Hall–Kier alpha value is -1.76. The Morgan fingerprint density at radius 1 is 1.47 bits per heavy atom. The summed E-state index contributed by atoms with van der Waals surface area (Å²) in [4.78, 5) is 10.7. The molecule has 1 aromatic rings. The van der Waals surface area contributed by atoms with Crippen molar-refractivity contribution in [3.05, 3.63) is 29.3 Å². The summed E-state index contributed by atoms with van der Waals surface area (Å²) < 4.78 is 42.1. The van der Waals surface area contributed by atoms with E-state index in [1.165, 1.54) is 7.11 Å². The van der Waals surface area contributed by atoms with E-state index in [0.29, 0.717) is 6.07 Å². The van der Waals surface area contributed by atoms with Gasteiger partial charge in [0, 0.05) is 5.56 Å². The van der Waals surface area contributed by atoms with Crippen LogP contribution in [0.4, 0.5) is 13.2 Å². The van der Waals surface area contributed by atoms with Crippen molar-refractivity contribution >= 4 is 5.97 Å². The number of rotatable bonds is 3. The molecule has 1 rings (SSSR count). The lowest BCUT2D eigenvalue weighted by Gasteiger charge is -2.15. The van der Waals surface area contributed by atoms with Crippen molar-refractivity contribution in [3.63, 3.8) is 0 Å². The number of carbonyl (C=O) groups is 1. The smallest absolute Gasteiger partial charge is 0.416 e. The van der Waals surface area contributed by atoms with Gasteiger partial charge in [0.25, 0.3) is 0 Å². The summed E-state index contributed by atoms with van der Waals surface area (Å²) in [6, 6.07) is 0.961. The maximum absolute atomic E-state index is 12.4. The monoisotopic (exact) mass is 249 g/mol. The number of aliphatic carboxylic acids is 1. The van der Waals surface area contributed by atoms with Gasteiger partial charge in [-0.15, -0.1) is 0 Å². The quantitative estimate of drug-likeness (QED) is 0.856. The Kier molecular flexibility index (Phi) is 3.62. The van der Waals surface area contributed by atoms with Crippen LogP contribution in [0.3, 0.4) is 0 Å². The highest BCUT2D eigenvalue weighted by Gasteiger charge is 2.32. The fourth-order valence-electron chi connectivity index (χ4n) is 1.29. The molecule has 0 radical (unpaired) electrons. The summed E-state index contributed by atoms with van der Waals surface area (Å²) in [6.45, 7) is 0. The fourth-order valence-corrected chi connectivity index (χ4v) is 1.29. The Morgan fingerprint density at radius 3 is 2.47 bits per heavy atom. The molecule has 1 unspecified atom stereocenters. The first-order valence-electron chi connectivity index (χ1n) is 4.51. The van der Waals surface area contributed by atoms with Crippen LogP contribution in [0.15, 0.2) is 18.2 Å². The predicted octanol–water partition coefficient (Wildman–Crippen LogP) is 1.80. The summed E-state index contributed by atoms with van der Waals surface area (Å²) >= 11 is 0. The van der Waals surface area contributed by atoms with Gasteiger partial charge in [0.15, 0.2) is 0 Å². The molecule has 0 aromatic heterocycles. The van der Waals surface area contributed by atoms with Crippen LogP contribution in [-0.4, -0.2) is 18.2 Å². The molecule has 1 aromatic carbocycles. The number of benzene rings is 1. The molecule has 0 aliphatic carbocycles. The third-order valence-corrected chi connectivity index (χ3v) is 2.16. The second-order valence-electron chi connectivity index (χ2n) is 3.27. The first-order valence-corrected chi connectivity index (χ1v) is 4.51. The van der Waals surface area contributed by atoms with Crippen LogP contribution in [0.25, 0.3) is 0 Å². The van der Waals surface area contributed by atoms with Crippen molar-refractivity contribution in [2.75, 3.05) is 7.11 Å². The maximum atomic E-state index is 12.4. The third kappa shape index (κ3) is 2.88. The molecule has 0 fully saturated rings. The fraction of sp³-hybridized carbons (Fsp3) is 0.300. The lowest BCUT2D eigenvalue weighted by atomic mass is 10.0. The van der Waals surface area contributed by atoms with Crippen LogP contribution in [-0.2, 0) is 11.0 Å². The van der Waals surface area contributed by atoms with E-state index in [-0.39, 0.29) is 11.3 Å². The number of methoxy groups -OCH3 is 1. The SMILES string of the molecule is COc1ccc(C(F)(F)F)cc1C(N)C(=O)O. The van der Waals surface area contributed by atoms with E-state index in [4.69, 9.17) is 15.6 Å². The largest absolute Gasteiger partial charge is 0.496 e. The first-order chi connectivity index (χ1) is 7.77. The number of nitrogens with two attached hydrogens (primary N) is 1. The summed E-state index contributed by atoms with van der Waals surface area (Å²) in [6.07, 6.45) is -4.56. The number of hydrogen-bond acceptors (Lipinski definition) is 3. The van der Waals surface area contributed by atoms with Crippen molar-refractivity contribution in [2.45, 2.75) is 12.2 Å². The van der Waals surface area contributed by atoms with Gasteiger partial charge in [-0.1, -0.05) is 0 Å². The van der Waals surface area contributed by atoms with Gasteiger partial charge in [0.05, 0.1) is 12.7 Å². The molecule has 7 heteroatoms. The molecule has 0 heterocycles. The van der Waals surface area contributed by atoms with Crippen molar-refractivity contribution in [3.8, 4) is 5.75 Å². The number of carboxylic acid groups (broad SMARTS) is 1. The van der Waals surface area contributed by atoms with Gasteiger partial charge in [-0.05, 0) is 18.2 Å². The highest BCUT2D eigenvalue weighted by Crippen LogP contribution is 2.34. The van der Waals surface area contributed by atoms with E-state index in [9.17, 15) is 18.0 Å². The Morgan fingerprint density at radius 2 is 2.06 bits per heavy atom. The van der Waals surface area contributed by atoms with E-state index in [1.807, 2.05) is 0 Å². The summed E-state index contributed by atoms with van der Waals surface area (Å²) in [5.41, 5.74) is 4.10. The molecule has 1 atom stereocenters. The zero-order chi connectivity index (χ0) is 13.2. The Balaban J connectivity index is 3.29. The molecule has 17 heavy (non-hydrogen) atoms. The van der Waals surface area contributed by atoms with E-state index < -0.39 is 23.8 Å². The average Bonchev–Trinajstić information content (AvgIpc) is 2.25. The van der Waals surface area contributed by atoms with Crippen LogP contribution in [0.2, 0.25) is 0 Å². The lowest BCUT2D eigenvalue weighted by Crippen LogP contribution is -2.22. The van der Waals surface area contributed by atoms with E-state index in [2.05, 4.69) is 0 Å². The van der Waals surface area contributed by atoms with Crippen LogP contribution in [0, 0.1) is 0 Å². The van der Waals surface area contributed by atoms with Crippen molar-refractivity contribution in [1.29, 1.82) is 0 Å². The van der Waals surface area contributed by atoms with Gasteiger partial charge in [0.1, 0.15) is 11.8 Å². The van der Waals surface area contributed by atoms with E-state index in [0.717, 1.165) is 12.1 Å². The molecule has 0 saturated carbocycles. The Bertz CT molecular complexity index is 431. The van der Waals surface area contributed by atoms with E-state index in [1.54, 1.807) is 0 Å². The zero-order valence-electron chi connectivity index (χ0n) is 8.78. The maximum Gasteiger partial charge on any atom is 0.416 e. The summed E-state index contributed by atoms with van der Waals surface area (Å²) in [7, 11) is 1.22. The number of hydrogen-bond donors (Lipinski definition) is 2. The summed E-state index contributed by atoms with van der Waals surface area (Å²) in [5, 5.41) is 8.69. The van der Waals surface area contributed by atoms with Gasteiger partial charge in [0.2, 0.25) is 0 Å². The van der Waals surface area contributed by atoms with Crippen molar-refractivity contribution < 1.29 is 27.8 Å². The van der Waals surface area contributed by atoms with Gasteiger partial charge < -0.3 is 15.6 Å². The molecular weight excluding hydrogens is 239 g/mol. The molecule has 0 spiro atoms. The molecule has 0 aliphatic rings. The number of alkyl halides is 3. The van der Waals surface area contributed by atoms with Crippen LogP contribution >= 0.6 is 0 Å². The van der Waals surface area contributed by atoms with Gasteiger partial charge in [-0.2, -0.15) is 13.2 Å². The van der Waals surface area contributed by atoms with E-state index >= 15 is 0 Å². The molecule has 0 amide bonds. The number of carboxylic acids is 1. The minimum Gasteiger partial charge on any atom is -0.496 e. The molecule has 3 N–H and O–H groups in total. The van der Waals surface area contributed by atoms with Crippen molar-refractivity contribution in [2.24, 2.45) is 5.73 Å². The number of ether oxygens (including phenoxy) is 1. The highest BCUT2D eigenvalue weighted by molar-refractivity contribution is 5.76. The van der Waals surface area contributed by atoms with Crippen LogP contribution < -0.4 is 10.5 Å². The molecule has 4 nitrogen and oxygen atoms in total. The molecule has 0 saturated heterocycles. The minimum absolute atomic E-state index is 0.00731. The van der Waals surface area contributed by atoms with Gasteiger partial charge in [-0.3, -0.25) is 4.79 Å². The molecule has 0 aliphatic heterocycles. The van der Waals surface area contributed by atoms with Crippen molar-refractivity contribution in [1.82, 2.24) is 0 Å².